The van der Waals surface area contributed by atoms with Crippen molar-refractivity contribution in [2.75, 3.05) is 38.6 Å². The number of rotatable bonds is 3. The Morgan fingerprint density at radius 1 is 1.44 bits per heavy atom. The Morgan fingerprint density at radius 2 is 2.28 bits per heavy atom. The molecule has 0 spiro atoms. The van der Waals surface area contributed by atoms with Gasteiger partial charge in [0.1, 0.15) is 0 Å². The van der Waals surface area contributed by atoms with Crippen molar-refractivity contribution >= 4 is 5.69 Å². The van der Waals surface area contributed by atoms with Crippen LogP contribution in [-0.4, -0.2) is 49.7 Å². The van der Waals surface area contributed by atoms with E-state index in [9.17, 15) is 0 Å². The number of nitrogens with one attached hydrogen (secondary N) is 1. The van der Waals surface area contributed by atoms with Crippen molar-refractivity contribution in [1.82, 2.24) is 15.2 Å². The number of aromatic nitrogens is 1. The molecular weight excluding hydrogens is 224 g/mol. The minimum absolute atomic E-state index is 0.558. The zero-order chi connectivity index (χ0) is 13.0. The van der Waals surface area contributed by atoms with Gasteiger partial charge in [-0.2, -0.15) is 0 Å². The zero-order valence-electron chi connectivity index (χ0n) is 11.7. The SMILES string of the molecule is CNCc1cc(N2CCCN(C)CC2C)ccn1. The highest BCUT2D eigenvalue weighted by molar-refractivity contribution is 5.47. The van der Waals surface area contributed by atoms with Gasteiger partial charge in [0.05, 0.1) is 5.69 Å². The van der Waals surface area contributed by atoms with Crippen molar-refractivity contribution in [3.63, 3.8) is 0 Å². The van der Waals surface area contributed by atoms with Gasteiger partial charge >= 0.3 is 0 Å². The minimum Gasteiger partial charge on any atom is -0.367 e. The molecule has 1 aromatic heterocycles. The van der Waals surface area contributed by atoms with Gasteiger partial charge in [-0.1, -0.05) is 0 Å². The summed E-state index contributed by atoms with van der Waals surface area (Å²) in [6.45, 7) is 6.59. The molecule has 0 aliphatic carbocycles. The van der Waals surface area contributed by atoms with Crippen LogP contribution in [0.3, 0.4) is 0 Å². The lowest BCUT2D eigenvalue weighted by molar-refractivity contribution is 0.337. The van der Waals surface area contributed by atoms with E-state index in [2.05, 4.69) is 46.2 Å². The molecule has 1 aromatic rings. The third-order valence-electron chi connectivity index (χ3n) is 3.54. The lowest BCUT2D eigenvalue weighted by Gasteiger charge is -2.30. The summed E-state index contributed by atoms with van der Waals surface area (Å²) in [5.41, 5.74) is 2.41. The molecule has 1 aliphatic rings. The predicted molar refractivity (Wildman–Crippen MR) is 75.9 cm³/mol. The molecule has 1 fully saturated rings. The maximum atomic E-state index is 4.39. The Kier molecular flexibility index (Phi) is 4.55. The summed E-state index contributed by atoms with van der Waals surface area (Å²) in [6, 6.07) is 4.89. The molecule has 0 amide bonds. The van der Waals surface area contributed by atoms with Crippen LogP contribution in [-0.2, 0) is 6.54 Å². The largest absolute Gasteiger partial charge is 0.367 e. The Hall–Kier alpha value is -1.13. The second kappa shape index (κ2) is 6.16. The first-order valence-electron chi connectivity index (χ1n) is 6.75. The molecule has 4 nitrogen and oxygen atoms in total. The van der Waals surface area contributed by atoms with Gasteiger partial charge in [0.15, 0.2) is 0 Å². The van der Waals surface area contributed by atoms with Crippen LogP contribution in [0.15, 0.2) is 18.3 Å². The molecule has 1 N–H and O–H groups in total. The number of hydrogen-bond donors (Lipinski definition) is 1. The fourth-order valence-corrected chi connectivity index (χ4v) is 2.68. The molecule has 4 heteroatoms. The lowest BCUT2D eigenvalue weighted by Crippen LogP contribution is -2.38. The Balaban J connectivity index is 2.15. The van der Waals surface area contributed by atoms with Gasteiger partial charge in [-0.3, -0.25) is 4.98 Å². The summed E-state index contributed by atoms with van der Waals surface area (Å²) in [6.07, 6.45) is 3.15. The van der Waals surface area contributed by atoms with Crippen molar-refractivity contribution < 1.29 is 0 Å². The highest BCUT2D eigenvalue weighted by Gasteiger charge is 2.19. The first-order chi connectivity index (χ1) is 8.70. The highest BCUT2D eigenvalue weighted by Crippen LogP contribution is 2.20. The summed E-state index contributed by atoms with van der Waals surface area (Å²) in [4.78, 5) is 9.31. The summed E-state index contributed by atoms with van der Waals surface area (Å²) in [7, 11) is 4.16. The summed E-state index contributed by atoms with van der Waals surface area (Å²) >= 11 is 0. The zero-order valence-corrected chi connectivity index (χ0v) is 11.7. The average Bonchev–Trinajstić information content (AvgIpc) is 2.51. The summed E-state index contributed by atoms with van der Waals surface area (Å²) < 4.78 is 0. The van der Waals surface area contributed by atoms with Crippen LogP contribution < -0.4 is 10.2 Å². The second-order valence-corrected chi connectivity index (χ2v) is 5.19. The molecule has 0 bridgehead atoms. The molecule has 1 unspecified atom stereocenters. The Bertz CT molecular complexity index is 380. The molecule has 0 saturated carbocycles. The fourth-order valence-electron chi connectivity index (χ4n) is 2.68. The maximum absolute atomic E-state index is 4.39. The smallest absolute Gasteiger partial charge is 0.0562 e. The van der Waals surface area contributed by atoms with E-state index in [1.165, 1.54) is 18.7 Å². The van der Waals surface area contributed by atoms with E-state index in [0.29, 0.717) is 6.04 Å². The van der Waals surface area contributed by atoms with Crippen molar-refractivity contribution in [1.29, 1.82) is 0 Å². The van der Waals surface area contributed by atoms with E-state index < -0.39 is 0 Å². The molecule has 1 atom stereocenters. The monoisotopic (exact) mass is 248 g/mol. The number of anilines is 1. The third kappa shape index (κ3) is 3.21. The van der Waals surface area contributed by atoms with Gasteiger partial charge in [-0.25, -0.2) is 0 Å². The van der Waals surface area contributed by atoms with Gasteiger partial charge in [0.2, 0.25) is 0 Å². The van der Waals surface area contributed by atoms with Crippen LogP contribution in [0.2, 0.25) is 0 Å². The van der Waals surface area contributed by atoms with E-state index in [0.717, 1.165) is 25.3 Å². The Labute approximate surface area is 110 Å². The Morgan fingerprint density at radius 3 is 3.06 bits per heavy atom. The molecule has 0 radical (unpaired) electrons. The van der Waals surface area contributed by atoms with Crippen molar-refractivity contribution in [3.05, 3.63) is 24.0 Å². The van der Waals surface area contributed by atoms with Crippen LogP contribution in [0.25, 0.3) is 0 Å². The van der Waals surface area contributed by atoms with Gasteiger partial charge in [-0.15, -0.1) is 0 Å². The van der Waals surface area contributed by atoms with E-state index in [-0.39, 0.29) is 0 Å². The number of hydrogen-bond acceptors (Lipinski definition) is 4. The number of nitrogens with zero attached hydrogens (tertiary/aromatic N) is 3. The molecular formula is C14H24N4. The van der Waals surface area contributed by atoms with Gasteiger partial charge in [0, 0.05) is 37.6 Å². The molecule has 2 rings (SSSR count). The summed E-state index contributed by atoms with van der Waals surface area (Å²) in [5, 5.41) is 3.16. The van der Waals surface area contributed by atoms with Crippen LogP contribution in [0, 0.1) is 0 Å². The van der Waals surface area contributed by atoms with Crippen molar-refractivity contribution in [3.8, 4) is 0 Å². The fraction of sp³-hybridized carbons (Fsp3) is 0.643. The predicted octanol–water partition coefficient (Wildman–Crippen LogP) is 1.33. The number of pyridine rings is 1. The van der Waals surface area contributed by atoms with Crippen molar-refractivity contribution in [2.24, 2.45) is 0 Å². The maximum Gasteiger partial charge on any atom is 0.0562 e. The van der Waals surface area contributed by atoms with Crippen LogP contribution in [0.4, 0.5) is 5.69 Å². The van der Waals surface area contributed by atoms with Crippen molar-refractivity contribution in [2.45, 2.75) is 25.9 Å². The highest BCUT2D eigenvalue weighted by atomic mass is 15.2. The van der Waals surface area contributed by atoms with E-state index in [4.69, 9.17) is 0 Å². The van der Waals surface area contributed by atoms with E-state index >= 15 is 0 Å². The third-order valence-corrected chi connectivity index (χ3v) is 3.54. The second-order valence-electron chi connectivity index (χ2n) is 5.19. The number of likely N-dealkylation sites (N-methyl/N-ethyl adjacent to an activating group) is 1. The topological polar surface area (TPSA) is 31.4 Å². The van der Waals surface area contributed by atoms with E-state index in [1.54, 1.807) is 0 Å². The first kappa shape index (κ1) is 13.3. The van der Waals surface area contributed by atoms with Crippen LogP contribution in [0.5, 0.6) is 0 Å². The normalized spacial score (nSPS) is 21.9. The standard InChI is InChI=1S/C14H24N4/c1-12-11-17(3)7-4-8-18(12)14-5-6-16-13(9-14)10-15-2/h5-6,9,12,15H,4,7-8,10-11H2,1-3H3. The average molecular weight is 248 g/mol. The molecule has 18 heavy (non-hydrogen) atoms. The molecule has 2 heterocycles. The summed E-state index contributed by atoms with van der Waals surface area (Å²) in [5.74, 6) is 0. The molecule has 100 valence electrons. The quantitative estimate of drug-likeness (QED) is 0.874. The lowest BCUT2D eigenvalue weighted by atomic mass is 10.2. The minimum atomic E-state index is 0.558. The van der Waals surface area contributed by atoms with E-state index in [1.807, 2.05) is 13.2 Å². The molecule has 1 aliphatic heterocycles. The van der Waals surface area contributed by atoms with Gasteiger partial charge in [-0.05, 0) is 46.1 Å². The van der Waals surface area contributed by atoms with Crippen LogP contribution >= 0.6 is 0 Å². The molecule has 0 aromatic carbocycles. The first-order valence-corrected chi connectivity index (χ1v) is 6.75. The van der Waals surface area contributed by atoms with Gasteiger partial charge in [0.25, 0.3) is 0 Å². The van der Waals surface area contributed by atoms with Crippen LogP contribution in [0.1, 0.15) is 19.0 Å². The van der Waals surface area contributed by atoms with Gasteiger partial charge < -0.3 is 15.1 Å². The molecule has 1 saturated heterocycles.